The molecule has 21 heavy (non-hydrogen) atoms. The molecule has 2 N–H and O–H groups in total. The third-order valence-electron chi connectivity index (χ3n) is 3.63. The maximum Gasteiger partial charge on any atom is 0.301 e. The van der Waals surface area contributed by atoms with Gasteiger partial charge in [0.2, 0.25) is 0 Å². The highest BCUT2D eigenvalue weighted by atomic mass is 16.6. The van der Waals surface area contributed by atoms with Crippen LogP contribution in [0.1, 0.15) is 6.42 Å². The lowest BCUT2D eigenvalue weighted by atomic mass is 10.0. The molecule has 1 aliphatic rings. The van der Waals surface area contributed by atoms with Gasteiger partial charge in [-0.15, -0.1) is 0 Å². The quantitative estimate of drug-likeness (QED) is 0.657. The van der Waals surface area contributed by atoms with Gasteiger partial charge in [0.05, 0.1) is 22.4 Å². The molecule has 0 amide bonds. The smallest absolute Gasteiger partial charge is 0.301 e. The van der Waals surface area contributed by atoms with Crippen molar-refractivity contribution >= 4 is 22.3 Å². The van der Waals surface area contributed by atoms with Gasteiger partial charge in [-0.1, -0.05) is 0 Å². The minimum Gasteiger partial charge on any atom is -0.386 e. The summed E-state index contributed by atoms with van der Waals surface area (Å²) in [5.41, 5.74) is -0.0563. The number of nitro benzene ring substituents is 1. The maximum absolute atomic E-state index is 11.4. The van der Waals surface area contributed by atoms with Gasteiger partial charge in [0, 0.05) is 25.8 Å². The van der Waals surface area contributed by atoms with Crippen molar-refractivity contribution in [3.63, 3.8) is 0 Å². The molecule has 1 unspecified atom stereocenters. The van der Waals surface area contributed by atoms with Gasteiger partial charge < -0.3 is 15.2 Å². The van der Waals surface area contributed by atoms with E-state index in [1.165, 1.54) is 0 Å². The van der Waals surface area contributed by atoms with Gasteiger partial charge >= 0.3 is 5.69 Å². The van der Waals surface area contributed by atoms with E-state index in [2.05, 4.69) is 10.3 Å². The predicted octanol–water partition coefficient (Wildman–Crippen LogP) is 1.71. The van der Waals surface area contributed by atoms with Gasteiger partial charge in [-0.25, -0.2) is 0 Å². The molecule has 0 aliphatic carbocycles. The van der Waals surface area contributed by atoms with E-state index in [4.69, 9.17) is 4.74 Å². The van der Waals surface area contributed by atoms with Gasteiger partial charge in [0.1, 0.15) is 11.3 Å². The van der Waals surface area contributed by atoms with Crippen LogP contribution in [0.4, 0.5) is 11.4 Å². The van der Waals surface area contributed by atoms with Crippen molar-refractivity contribution in [1.82, 2.24) is 4.98 Å². The van der Waals surface area contributed by atoms with E-state index < -0.39 is 10.5 Å². The Bertz CT molecular complexity index is 683. The van der Waals surface area contributed by atoms with Crippen LogP contribution in [-0.2, 0) is 4.74 Å². The van der Waals surface area contributed by atoms with Crippen LogP contribution in [0.3, 0.4) is 0 Å². The van der Waals surface area contributed by atoms with E-state index in [1.54, 1.807) is 30.5 Å². The number of fused-ring (bicyclic) bond motifs is 1. The van der Waals surface area contributed by atoms with Crippen LogP contribution in [0.5, 0.6) is 0 Å². The minimum atomic E-state index is -0.974. The zero-order chi connectivity index (χ0) is 14.9. The molecule has 3 rings (SSSR count). The molecule has 0 saturated carbocycles. The molecule has 0 radical (unpaired) electrons. The summed E-state index contributed by atoms with van der Waals surface area (Å²) in [6.45, 7) is 0.949. The molecule has 0 bridgehead atoms. The number of nitro groups is 1. The van der Waals surface area contributed by atoms with E-state index in [1.807, 2.05) is 0 Å². The fourth-order valence-electron chi connectivity index (χ4n) is 2.47. The average molecular weight is 289 g/mol. The fourth-order valence-corrected chi connectivity index (χ4v) is 2.47. The van der Waals surface area contributed by atoms with E-state index in [-0.39, 0.29) is 18.8 Å². The molecule has 2 heterocycles. The molecule has 1 aliphatic heterocycles. The SMILES string of the molecule is O=[N+]([O-])c1c(NCC2(O)CCOC2)ccc2ncccc12. The molecule has 110 valence electrons. The number of aromatic nitrogens is 1. The first kappa shape index (κ1) is 13.7. The first-order valence-corrected chi connectivity index (χ1v) is 6.65. The molecule has 1 aromatic carbocycles. The molecular formula is C14H15N3O4. The number of nitrogens with one attached hydrogen (secondary N) is 1. The van der Waals surface area contributed by atoms with Crippen LogP contribution in [-0.4, -0.2) is 40.4 Å². The summed E-state index contributed by atoms with van der Waals surface area (Å²) in [6.07, 6.45) is 2.11. The standard InChI is InChI=1S/C14H15N3O4/c18-14(5-7-21-9-14)8-16-12-4-3-11-10(2-1-6-15-11)13(12)17(19)20/h1-4,6,16,18H,5,7-9H2. The molecule has 1 atom stereocenters. The number of hydrogen-bond acceptors (Lipinski definition) is 6. The Labute approximate surface area is 120 Å². The molecule has 7 nitrogen and oxygen atoms in total. The van der Waals surface area contributed by atoms with Gasteiger partial charge in [0.25, 0.3) is 0 Å². The lowest BCUT2D eigenvalue weighted by Crippen LogP contribution is -2.37. The molecular weight excluding hydrogens is 274 g/mol. The largest absolute Gasteiger partial charge is 0.386 e. The number of rotatable bonds is 4. The van der Waals surface area contributed by atoms with Crippen molar-refractivity contribution in [3.8, 4) is 0 Å². The second kappa shape index (κ2) is 5.27. The van der Waals surface area contributed by atoms with Crippen molar-refractivity contribution < 1.29 is 14.8 Å². The van der Waals surface area contributed by atoms with Crippen molar-refractivity contribution in [2.75, 3.05) is 25.1 Å². The Balaban J connectivity index is 1.94. The number of hydrogen-bond donors (Lipinski definition) is 2. The number of benzene rings is 1. The first-order chi connectivity index (χ1) is 10.1. The van der Waals surface area contributed by atoms with Crippen LogP contribution in [0.15, 0.2) is 30.5 Å². The Kier molecular flexibility index (Phi) is 3.44. The second-order valence-electron chi connectivity index (χ2n) is 5.17. The zero-order valence-electron chi connectivity index (χ0n) is 11.3. The summed E-state index contributed by atoms with van der Waals surface area (Å²) in [5.74, 6) is 0. The van der Waals surface area contributed by atoms with Gasteiger partial charge in [-0.2, -0.15) is 0 Å². The average Bonchev–Trinajstić information content (AvgIpc) is 2.91. The molecule has 1 aromatic heterocycles. The summed E-state index contributed by atoms with van der Waals surface area (Å²) >= 11 is 0. The summed E-state index contributed by atoms with van der Waals surface area (Å²) in [5, 5.41) is 25.0. The lowest BCUT2D eigenvalue weighted by molar-refractivity contribution is -0.382. The number of pyridine rings is 1. The minimum absolute atomic E-state index is 0.0249. The van der Waals surface area contributed by atoms with Crippen LogP contribution < -0.4 is 5.32 Å². The topological polar surface area (TPSA) is 97.5 Å². The summed E-state index contributed by atoms with van der Waals surface area (Å²) in [4.78, 5) is 15.0. The van der Waals surface area contributed by atoms with Crippen LogP contribution >= 0.6 is 0 Å². The van der Waals surface area contributed by atoms with Crippen LogP contribution in [0, 0.1) is 10.1 Å². The van der Waals surface area contributed by atoms with Crippen molar-refractivity contribution in [1.29, 1.82) is 0 Å². The van der Waals surface area contributed by atoms with Gasteiger partial charge in [-0.05, 0) is 24.3 Å². The normalized spacial score (nSPS) is 21.6. The number of anilines is 1. The van der Waals surface area contributed by atoms with Gasteiger partial charge in [-0.3, -0.25) is 15.1 Å². The second-order valence-corrected chi connectivity index (χ2v) is 5.17. The van der Waals surface area contributed by atoms with Gasteiger partial charge in [0.15, 0.2) is 0 Å². The highest BCUT2D eigenvalue weighted by Crippen LogP contribution is 2.33. The third kappa shape index (κ3) is 2.65. The van der Waals surface area contributed by atoms with Crippen molar-refractivity contribution in [3.05, 3.63) is 40.6 Å². The first-order valence-electron chi connectivity index (χ1n) is 6.65. The van der Waals surface area contributed by atoms with E-state index in [0.29, 0.717) is 29.6 Å². The van der Waals surface area contributed by atoms with Crippen LogP contribution in [0.25, 0.3) is 10.9 Å². The molecule has 1 fully saturated rings. The monoisotopic (exact) mass is 289 g/mol. The fraction of sp³-hybridized carbons (Fsp3) is 0.357. The summed E-state index contributed by atoms with van der Waals surface area (Å²) < 4.78 is 5.16. The zero-order valence-corrected chi connectivity index (χ0v) is 11.3. The Morgan fingerprint density at radius 2 is 2.33 bits per heavy atom. The van der Waals surface area contributed by atoms with Crippen molar-refractivity contribution in [2.45, 2.75) is 12.0 Å². The van der Waals surface area contributed by atoms with E-state index >= 15 is 0 Å². The lowest BCUT2D eigenvalue weighted by Gasteiger charge is -2.21. The van der Waals surface area contributed by atoms with Crippen molar-refractivity contribution in [2.24, 2.45) is 0 Å². The Morgan fingerprint density at radius 3 is 3.05 bits per heavy atom. The predicted molar refractivity (Wildman–Crippen MR) is 77.3 cm³/mol. The highest BCUT2D eigenvalue weighted by Gasteiger charge is 2.32. The highest BCUT2D eigenvalue weighted by molar-refractivity contribution is 5.94. The molecule has 0 spiro atoms. The maximum atomic E-state index is 11.4. The molecule has 2 aromatic rings. The summed E-state index contributed by atoms with van der Waals surface area (Å²) in [6, 6.07) is 6.67. The Morgan fingerprint density at radius 1 is 1.48 bits per heavy atom. The van der Waals surface area contributed by atoms with E-state index in [0.717, 1.165) is 0 Å². The Hall–Kier alpha value is -2.25. The third-order valence-corrected chi connectivity index (χ3v) is 3.63. The number of aliphatic hydroxyl groups is 1. The van der Waals surface area contributed by atoms with E-state index in [9.17, 15) is 15.2 Å². The molecule has 1 saturated heterocycles. The number of ether oxygens (including phenoxy) is 1. The molecule has 7 heteroatoms. The summed E-state index contributed by atoms with van der Waals surface area (Å²) in [7, 11) is 0. The number of nitrogens with zero attached hydrogens (tertiary/aromatic N) is 2. The van der Waals surface area contributed by atoms with Crippen LogP contribution in [0.2, 0.25) is 0 Å².